The molecule has 0 fully saturated rings. The SMILES string of the molecule is CC/C=C(\C=C/N)c1ccc(C2=c3/ccccc3=CCC\C=C/C=C/2c2ccc(C(/C=C\N)=C/CC)cc2)cc1. The highest BCUT2D eigenvalue weighted by atomic mass is 14.5. The third-order valence-corrected chi connectivity index (χ3v) is 7.03. The van der Waals surface area contributed by atoms with Crippen LogP contribution in [-0.4, -0.2) is 0 Å². The summed E-state index contributed by atoms with van der Waals surface area (Å²) in [6, 6.07) is 26.5. The summed E-state index contributed by atoms with van der Waals surface area (Å²) in [5.41, 5.74) is 20.8. The molecule has 3 aromatic carbocycles. The smallest absolute Gasteiger partial charge is 0.00269 e. The van der Waals surface area contributed by atoms with E-state index in [1.54, 1.807) is 12.4 Å². The van der Waals surface area contributed by atoms with Crippen molar-refractivity contribution in [1.82, 2.24) is 0 Å². The lowest BCUT2D eigenvalue weighted by Crippen LogP contribution is -2.27. The van der Waals surface area contributed by atoms with Crippen LogP contribution >= 0.6 is 0 Å². The molecule has 4 N–H and O–H groups in total. The minimum absolute atomic E-state index is 0.952. The first-order chi connectivity index (χ1) is 19.7. The van der Waals surface area contributed by atoms with Gasteiger partial charge in [-0.3, -0.25) is 0 Å². The fourth-order valence-corrected chi connectivity index (χ4v) is 5.16. The minimum Gasteiger partial charge on any atom is -0.405 e. The summed E-state index contributed by atoms with van der Waals surface area (Å²) in [5, 5.41) is 2.50. The van der Waals surface area contributed by atoms with Gasteiger partial charge in [-0.1, -0.05) is 123 Å². The van der Waals surface area contributed by atoms with Crippen LogP contribution in [0, 0.1) is 0 Å². The van der Waals surface area contributed by atoms with E-state index in [0.29, 0.717) is 0 Å². The number of allylic oxidation sites excluding steroid dienone is 10. The van der Waals surface area contributed by atoms with Crippen LogP contribution in [0.25, 0.3) is 28.4 Å². The van der Waals surface area contributed by atoms with Crippen LogP contribution in [0.3, 0.4) is 0 Å². The molecule has 0 bridgehead atoms. The molecule has 1 aliphatic rings. The molecular weight excluding hydrogens is 484 g/mol. The molecule has 0 aliphatic heterocycles. The molecule has 0 unspecified atom stereocenters. The quantitative estimate of drug-likeness (QED) is 0.298. The van der Waals surface area contributed by atoms with E-state index >= 15 is 0 Å². The topological polar surface area (TPSA) is 52.0 Å². The van der Waals surface area contributed by atoms with Gasteiger partial charge < -0.3 is 11.5 Å². The lowest BCUT2D eigenvalue weighted by atomic mass is 9.87. The molecule has 0 radical (unpaired) electrons. The molecule has 0 aromatic heterocycles. The first-order valence-corrected chi connectivity index (χ1v) is 14.2. The van der Waals surface area contributed by atoms with Crippen molar-refractivity contribution in [3.05, 3.63) is 160 Å². The molecule has 2 nitrogen and oxygen atoms in total. The van der Waals surface area contributed by atoms with Crippen molar-refractivity contribution in [2.45, 2.75) is 39.5 Å². The summed E-state index contributed by atoms with van der Waals surface area (Å²) in [7, 11) is 0. The summed E-state index contributed by atoms with van der Waals surface area (Å²) < 4.78 is 0. The molecular formula is C38H40N2. The van der Waals surface area contributed by atoms with Crippen molar-refractivity contribution in [3.8, 4) is 0 Å². The van der Waals surface area contributed by atoms with Gasteiger partial charge in [-0.05, 0) is 105 Å². The van der Waals surface area contributed by atoms with E-state index in [0.717, 1.165) is 48.0 Å². The molecule has 0 atom stereocenters. The van der Waals surface area contributed by atoms with Crippen molar-refractivity contribution in [3.63, 3.8) is 0 Å². The van der Waals surface area contributed by atoms with Crippen LogP contribution in [0.2, 0.25) is 0 Å². The van der Waals surface area contributed by atoms with E-state index in [1.165, 1.54) is 32.7 Å². The number of fused-ring (bicyclic) bond motifs is 1. The highest BCUT2D eigenvalue weighted by molar-refractivity contribution is 6.05. The maximum atomic E-state index is 5.75. The molecule has 4 rings (SSSR count). The highest BCUT2D eigenvalue weighted by Crippen LogP contribution is 2.32. The maximum absolute atomic E-state index is 5.75. The number of rotatable bonds is 8. The molecule has 2 heteroatoms. The molecule has 1 aliphatic carbocycles. The standard InChI is InChI=1S/C38H40N2/c1-3-11-29(25-27-39)31-17-21-34(22-18-31)37-15-8-6-5-7-13-33-14-9-10-16-36(33)38(37)35-23-19-32(20-24-35)30(12-4-2)26-28-40/h6,8-28H,3-5,7,39-40H2,1-2H3/b8-6-,27-25-,28-26-,29-11+,30-12+,33-13?,37-15+,38-36-. The van der Waals surface area contributed by atoms with Crippen molar-refractivity contribution in [2.75, 3.05) is 0 Å². The number of nitrogens with two attached hydrogens (primary N) is 2. The van der Waals surface area contributed by atoms with Crippen LogP contribution in [-0.2, 0) is 0 Å². The van der Waals surface area contributed by atoms with Gasteiger partial charge in [-0.25, -0.2) is 0 Å². The Labute approximate surface area is 239 Å². The van der Waals surface area contributed by atoms with E-state index in [-0.39, 0.29) is 0 Å². The molecule has 0 saturated carbocycles. The highest BCUT2D eigenvalue weighted by Gasteiger charge is 2.14. The van der Waals surface area contributed by atoms with Gasteiger partial charge in [0.15, 0.2) is 0 Å². The zero-order chi connectivity index (χ0) is 28.2. The maximum Gasteiger partial charge on any atom is -0.00269 e. The van der Waals surface area contributed by atoms with E-state index < -0.39 is 0 Å². The van der Waals surface area contributed by atoms with Crippen molar-refractivity contribution < 1.29 is 0 Å². The van der Waals surface area contributed by atoms with E-state index in [1.807, 2.05) is 12.2 Å². The number of hydrogen-bond donors (Lipinski definition) is 2. The Morgan fingerprint density at radius 2 is 1.27 bits per heavy atom. The number of hydrogen-bond acceptors (Lipinski definition) is 2. The predicted octanol–water partition coefficient (Wildman–Crippen LogP) is 7.63. The lowest BCUT2D eigenvalue weighted by molar-refractivity contribution is 1.09. The fraction of sp³-hybridized carbons (Fsp3) is 0.158. The summed E-state index contributed by atoms with van der Waals surface area (Å²) in [5.74, 6) is 0. The Balaban J connectivity index is 1.94. The average molecular weight is 525 g/mol. The molecule has 3 aromatic rings. The number of benzene rings is 3. The van der Waals surface area contributed by atoms with Gasteiger partial charge in [0.25, 0.3) is 0 Å². The second-order valence-corrected chi connectivity index (χ2v) is 9.76. The van der Waals surface area contributed by atoms with Gasteiger partial charge in [0.2, 0.25) is 0 Å². The largest absolute Gasteiger partial charge is 0.405 e. The third-order valence-electron chi connectivity index (χ3n) is 7.03. The third kappa shape index (κ3) is 6.90. The van der Waals surface area contributed by atoms with Crippen LogP contribution in [0.4, 0.5) is 0 Å². The van der Waals surface area contributed by atoms with Gasteiger partial charge in [-0.2, -0.15) is 0 Å². The fourth-order valence-electron chi connectivity index (χ4n) is 5.16. The summed E-state index contributed by atoms with van der Waals surface area (Å²) in [4.78, 5) is 0. The monoisotopic (exact) mass is 524 g/mol. The Kier molecular flexibility index (Phi) is 10.4. The van der Waals surface area contributed by atoms with Gasteiger partial charge >= 0.3 is 0 Å². The molecule has 202 valence electrons. The van der Waals surface area contributed by atoms with E-state index in [9.17, 15) is 0 Å². The molecule has 0 heterocycles. The van der Waals surface area contributed by atoms with E-state index in [2.05, 4.69) is 123 Å². The summed E-state index contributed by atoms with van der Waals surface area (Å²) in [6.07, 6.45) is 24.6. The van der Waals surface area contributed by atoms with Gasteiger partial charge in [0.05, 0.1) is 0 Å². The predicted molar refractivity (Wildman–Crippen MR) is 175 cm³/mol. The minimum atomic E-state index is 0.952. The van der Waals surface area contributed by atoms with Gasteiger partial charge in [0, 0.05) is 0 Å². The molecule has 40 heavy (non-hydrogen) atoms. The van der Waals surface area contributed by atoms with Crippen molar-refractivity contribution in [1.29, 1.82) is 0 Å². The summed E-state index contributed by atoms with van der Waals surface area (Å²) in [6.45, 7) is 4.29. The van der Waals surface area contributed by atoms with Gasteiger partial charge in [-0.15, -0.1) is 0 Å². The second kappa shape index (κ2) is 14.6. The van der Waals surface area contributed by atoms with Crippen LogP contribution < -0.4 is 21.9 Å². The van der Waals surface area contributed by atoms with E-state index in [4.69, 9.17) is 11.5 Å². The van der Waals surface area contributed by atoms with Crippen LogP contribution in [0.1, 0.15) is 61.8 Å². The first kappa shape index (κ1) is 28.4. The summed E-state index contributed by atoms with van der Waals surface area (Å²) >= 11 is 0. The van der Waals surface area contributed by atoms with Crippen molar-refractivity contribution in [2.24, 2.45) is 11.5 Å². The van der Waals surface area contributed by atoms with Crippen molar-refractivity contribution >= 4 is 28.4 Å². The zero-order valence-corrected chi connectivity index (χ0v) is 23.7. The Hall–Kier alpha value is -4.56. The second-order valence-electron chi connectivity index (χ2n) is 9.76. The Morgan fingerprint density at radius 1 is 0.700 bits per heavy atom. The molecule has 0 saturated heterocycles. The first-order valence-electron chi connectivity index (χ1n) is 14.2. The average Bonchev–Trinajstić information content (AvgIpc) is 2.99. The Morgan fingerprint density at radius 3 is 1.85 bits per heavy atom. The van der Waals surface area contributed by atoms with Crippen LogP contribution in [0.15, 0.2) is 128 Å². The zero-order valence-electron chi connectivity index (χ0n) is 23.7. The van der Waals surface area contributed by atoms with Crippen LogP contribution in [0.5, 0.6) is 0 Å². The molecule has 0 amide bonds. The molecule has 0 spiro atoms. The normalized spacial score (nSPS) is 18.2. The van der Waals surface area contributed by atoms with Gasteiger partial charge in [0.1, 0.15) is 0 Å². The Bertz CT molecular complexity index is 1590. The lowest BCUT2D eigenvalue weighted by Gasteiger charge is -2.16.